The smallest absolute Gasteiger partial charge is 0.185 e. The van der Waals surface area contributed by atoms with Crippen LogP contribution < -0.4 is 10.2 Å². The fourth-order valence-electron chi connectivity index (χ4n) is 2.57. The molecule has 0 aliphatic carbocycles. The van der Waals surface area contributed by atoms with Gasteiger partial charge in [-0.1, -0.05) is 20.8 Å². The van der Waals surface area contributed by atoms with E-state index >= 15 is 0 Å². The second kappa shape index (κ2) is 7.56. The summed E-state index contributed by atoms with van der Waals surface area (Å²) in [5.74, 6) is 0. The molecule has 2 heterocycles. The van der Waals surface area contributed by atoms with Crippen LogP contribution in [0.1, 0.15) is 50.6 Å². The molecular formula is C16H29N3OS. The van der Waals surface area contributed by atoms with Gasteiger partial charge in [0, 0.05) is 31.6 Å². The molecule has 5 heteroatoms. The lowest BCUT2D eigenvalue weighted by atomic mass is 9.83. The molecule has 0 radical (unpaired) electrons. The maximum absolute atomic E-state index is 5.31. The molecule has 120 valence electrons. The van der Waals surface area contributed by atoms with Gasteiger partial charge < -0.3 is 15.0 Å². The molecule has 0 atom stereocenters. The summed E-state index contributed by atoms with van der Waals surface area (Å²) in [6.45, 7) is 11.7. The highest BCUT2D eigenvalue weighted by molar-refractivity contribution is 7.15. The van der Waals surface area contributed by atoms with E-state index in [0.717, 1.165) is 38.3 Å². The lowest BCUT2D eigenvalue weighted by molar-refractivity contribution is 0.181. The summed E-state index contributed by atoms with van der Waals surface area (Å²) in [7, 11) is 1.74. The van der Waals surface area contributed by atoms with Crippen LogP contribution in [-0.4, -0.2) is 31.7 Å². The molecule has 1 aromatic heterocycles. The summed E-state index contributed by atoms with van der Waals surface area (Å²) in [4.78, 5) is 8.60. The fraction of sp³-hybridized carbons (Fsp3) is 0.812. The minimum absolute atomic E-state index is 0.481. The number of piperidine rings is 1. The first-order valence-corrected chi connectivity index (χ1v) is 8.80. The molecule has 2 rings (SSSR count). The SMILES string of the molecule is CCCNCc1sc(N2CCC(C)(C)CC2)nc1COC. The molecule has 21 heavy (non-hydrogen) atoms. The van der Waals surface area contributed by atoms with Crippen molar-refractivity contribution >= 4 is 16.5 Å². The Labute approximate surface area is 132 Å². The Morgan fingerprint density at radius 3 is 2.67 bits per heavy atom. The van der Waals surface area contributed by atoms with E-state index in [1.165, 1.54) is 22.9 Å². The van der Waals surface area contributed by atoms with Gasteiger partial charge in [0.2, 0.25) is 0 Å². The fourth-order valence-corrected chi connectivity index (χ4v) is 3.66. The number of hydrogen-bond donors (Lipinski definition) is 1. The standard InChI is InChI=1S/C16H29N3OS/c1-5-8-17-11-14-13(12-20-4)18-15(21-14)19-9-6-16(2,3)7-10-19/h17H,5-12H2,1-4H3. The molecule has 1 aliphatic heterocycles. The zero-order valence-electron chi connectivity index (χ0n) is 13.9. The summed E-state index contributed by atoms with van der Waals surface area (Å²) < 4.78 is 5.31. The van der Waals surface area contributed by atoms with Crippen LogP contribution >= 0.6 is 11.3 Å². The van der Waals surface area contributed by atoms with Gasteiger partial charge in [0.05, 0.1) is 12.3 Å². The molecule has 0 spiro atoms. The summed E-state index contributed by atoms with van der Waals surface area (Å²) in [6.07, 6.45) is 3.65. The molecule has 0 saturated carbocycles. The molecule has 1 aliphatic rings. The quantitative estimate of drug-likeness (QED) is 0.783. The van der Waals surface area contributed by atoms with Crippen LogP contribution in [0, 0.1) is 5.41 Å². The molecule has 1 saturated heterocycles. The van der Waals surface area contributed by atoms with Crippen LogP contribution in [0.25, 0.3) is 0 Å². The first-order valence-electron chi connectivity index (χ1n) is 7.99. The maximum atomic E-state index is 5.31. The minimum Gasteiger partial charge on any atom is -0.378 e. The number of rotatable bonds is 7. The second-order valence-corrected chi connectivity index (χ2v) is 7.69. The average Bonchev–Trinajstić information content (AvgIpc) is 2.83. The molecule has 0 aromatic carbocycles. The van der Waals surface area contributed by atoms with Crippen LogP contribution in [-0.2, 0) is 17.9 Å². The van der Waals surface area contributed by atoms with Gasteiger partial charge in [-0.3, -0.25) is 0 Å². The Morgan fingerprint density at radius 2 is 2.05 bits per heavy atom. The highest BCUT2D eigenvalue weighted by Crippen LogP contribution is 2.34. The minimum atomic E-state index is 0.481. The van der Waals surface area contributed by atoms with Crippen molar-refractivity contribution in [3.8, 4) is 0 Å². The maximum Gasteiger partial charge on any atom is 0.185 e. The van der Waals surface area contributed by atoms with Crippen molar-refractivity contribution in [1.82, 2.24) is 10.3 Å². The van der Waals surface area contributed by atoms with Gasteiger partial charge in [-0.2, -0.15) is 0 Å². The largest absolute Gasteiger partial charge is 0.378 e. The highest BCUT2D eigenvalue weighted by Gasteiger charge is 2.27. The zero-order chi connectivity index (χ0) is 15.3. The number of hydrogen-bond acceptors (Lipinski definition) is 5. The van der Waals surface area contributed by atoms with Gasteiger partial charge in [-0.05, 0) is 31.2 Å². The van der Waals surface area contributed by atoms with Crippen molar-refractivity contribution < 1.29 is 4.74 Å². The number of nitrogens with zero attached hydrogens (tertiary/aromatic N) is 2. The van der Waals surface area contributed by atoms with Gasteiger partial charge in [0.1, 0.15) is 0 Å². The number of nitrogens with one attached hydrogen (secondary N) is 1. The predicted molar refractivity (Wildman–Crippen MR) is 90.1 cm³/mol. The second-order valence-electron chi connectivity index (χ2n) is 6.63. The molecule has 0 amide bonds. The molecular weight excluding hydrogens is 282 g/mol. The van der Waals surface area contributed by atoms with Crippen molar-refractivity contribution in [2.75, 3.05) is 31.6 Å². The van der Waals surface area contributed by atoms with Crippen LogP contribution in [0.3, 0.4) is 0 Å². The van der Waals surface area contributed by atoms with Crippen LogP contribution in [0.15, 0.2) is 0 Å². The number of aromatic nitrogens is 1. The Balaban J connectivity index is 2.04. The summed E-state index contributed by atoms with van der Waals surface area (Å²) in [5, 5.41) is 4.65. The van der Waals surface area contributed by atoms with E-state index in [1.807, 2.05) is 11.3 Å². The van der Waals surface area contributed by atoms with Crippen molar-refractivity contribution in [1.29, 1.82) is 0 Å². The monoisotopic (exact) mass is 311 g/mol. The van der Waals surface area contributed by atoms with Crippen molar-refractivity contribution in [3.63, 3.8) is 0 Å². The van der Waals surface area contributed by atoms with Crippen LogP contribution in [0.5, 0.6) is 0 Å². The molecule has 1 fully saturated rings. The topological polar surface area (TPSA) is 37.4 Å². The van der Waals surface area contributed by atoms with E-state index in [4.69, 9.17) is 9.72 Å². The summed E-state index contributed by atoms with van der Waals surface area (Å²) in [6, 6.07) is 0. The third-order valence-electron chi connectivity index (χ3n) is 4.15. The lowest BCUT2D eigenvalue weighted by Crippen LogP contribution is -2.37. The first-order chi connectivity index (χ1) is 10.1. The molecule has 1 aromatic rings. The van der Waals surface area contributed by atoms with E-state index in [0.29, 0.717) is 12.0 Å². The Morgan fingerprint density at radius 1 is 1.33 bits per heavy atom. The van der Waals surface area contributed by atoms with Crippen molar-refractivity contribution in [2.45, 2.75) is 53.2 Å². The van der Waals surface area contributed by atoms with Crippen LogP contribution in [0.2, 0.25) is 0 Å². The first kappa shape index (κ1) is 16.7. The van der Waals surface area contributed by atoms with Gasteiger partial charge in [-0.25, -0.2) is 4.98 Å². The van der Waals surface area contributed by atoms with Gasteiger partial charge in [0.25, 0.3) is 0 Å². The van der Waals surface area contributed by atoms with Crippen LogP contribution in [0.4, 0.5) is 5.13 Å². The van der Waals surface area contributed by atoms with E-state index in [-0.39, 0.29) is 0 Å². The highest BCUT2D eigenvalue weighted by atomic mass is 32.1. The van der Waals surface area contributed by atoms with Gasteiger partial charge >= 0.3 is 0 Å². The molecule has 1 N–H and O–H groups in total. The van der Waals surface area contributed by atoms with Gasteiger partial charge in [-0.15, -0.1) is 11.3 Å². The molecule has 0 unspecified atom stereocenters. The number of methoxy groups -OCH3 is 1. The van der Waals surface area contributed by atoms with E-state index in [1.54, 1.807) is 7.11 Å². The lowest BCUT2D eigenvalue weighted by Gasteiger charge is -2.36. The predicted octanol–water partition coefficient (Wildman–Crippen LogP) is 3.42. The van der Waals surface area contributed by atoms with Crippen molar-refractivity contribution in [2.24, 2.45) is 5.41 Å². The van der Waals surface area contributed by atoms with E-state index < -0.39 is 0 Å². The number of anilines is 1. The molecule has 0 bridgehead atoms. The Kier molecular flexibility index (Phi) is 6.02. The zero-order valence-corrected chi connectivity index (χ0v) is 14.7. The number of ether oxygens (including phenoxy) is 1. The summed E-state index contributed by atoms with van der Waals surface area (Å²) >= 11 is 1.83. The van der Waals surface area contributed by atoms with E-state index in [2.05, 4.69) is 31.0 Å². The van der Waals surface area contributed by atoms with E-state index in [9.17, 15) is 0 Å². The number of thiazole rings is 1. The van der Waals surface area contributed by atoms with Crippen molar-refractivity contribution in [3.05, 3.63) is 10.6 Å². The third kappa shape index (κ3) is 4.66. The Bertz CT molecular complexity index is 435. The molecule has 4 nitrogen and oxygen atoms in total. The Hall–Kier alpha value is -0.650. The summed E-state index contributed by atoms with van der Waals surface area (Å²) in [5.41, 5.74) is 1.58. The average molecular weight is 311 g/mol. The normalized spacial score (nSPS) is 18.2. The van der Waals surface area contributed by atoms with Gasteiger partial charge in [0.15, 0.2) is 5.13 Å². The third-order valence-corrected chi connectivity index (χ3v) is 5.31.